The lowest BCUT2D eigenvalue weighted by atomic mass is 9.94. The molecule has 0 fully saturated rings. The molecule has 162 valence electrons. The molecule has 0 saturated carbocycles. The molecule has 0 aliphatic heterocycles. The summed E-state index contributed by atoms with van der Waals surface area (Å²) in [6, 6.07) is 0. The third kappa shape index (κ3) is 4.28. The van der Waals surface area contributed by atoms with Gasteiger partial charge in [0, 0.05) is 34.6 Å². The fourth-order valence-electron chi connectivity index (χ4n) is 2.75. The minimum atomic E-state index is -1.39. The number of benzene rings is 2. The highest BCUT2D eigenvalue weighted by Gasteiger charge is 2.29. The van der Waals surface area contributed by atoms with E-state index in [1.54, 1.807) is 0 Å². The van der Waals surface area contributed by atoms with E-state index in [1.165, 1.54) is 12.4 Å². The zero-order valence-corrected chi connectivity index (χ0v) is 21.8. The van der Waals surface area contributed by atoms with Gasteiger partial charge in [0.05, 0.1) is 55.8 Å². The van der Waals surface area contributed by atoms with Gasteiger partial charge in [-0.1, -0.05) is 116 Å². The summed E-state index contributed by atoms with van der Waals surface area (Å²) < 4.78 is 0. The SMILES string of the molecule is O=C(O)c1c(-c2c(Cl)c(Cl)c(Cl)c(Cl)c2Cl)cncc1-c1c(Cl)c(Cl)c(Cl)c(Cl)c1Cl. The highest BCUT2D eigenvalue weighted by atomic mass is 35.5. The summed E-state index contributed by atoms with van der Waals surface area (Å²) in [6.45, 7) is 0. The van der Waals surface area contributed by atoms with Crippen molar-refractivity contribution in [1.82, 2.24) is 4.98 Å². The van der Waals surface area contributed by atoms with Crippen molar-refractivity contribution in [2.45, 2.75) is 0 Å². The molecule has 3 nitrogen and oxygen atoms in total. The van der Waals surface area contributed by atoms with Crippen LogP contribution in [0.25, 0.3) is 22.3 Å². The predicted molar refractivity (Wildman–Crippen MR) is 132 cm³/mol. The summed E-state index contributed by atoms with van der Waals surface area (Å²) in [5.41, 5.74) is -0.406. The second kappa shape index (κ2) is 9.68. The van der Waals surface area contributed by atoms with Crippen LogP contribution in [0.2, 0.25) is 50.2 Å². The van der Waals surface area contributed by atoms with Gasteiger partial charge in [-0.3, -0.25) is 4.98 Å². The van der Waals surface area contributed by atoms with Gasteiger partial charge in [-0.25, -0.2) is 4.79 Å². The van der Waals surface area contributed by atoms with Crippen molar-refractivity contribution in [3.05, 3.63) is 68.2 Å². The van der Waals surface area contributed by atoms with Crippen molar-refractivity contribution >= 4 is 122 Å². The molecule has 2 aromatic carbocycles. The van der Waals surface area contributed by atoms with Crippen LogP contribution in [0.3, 0.4) is 0 Å². The summed E-state index contributed by atoms with van der Waals surface area (Å²) in [4.78, 5) is 16.4. The minimum absolute atomic E-state index is 0.00659. The molecule has 1 aromatic heterocycles. The van der Waals surface area contributed by atoms with E-state index < -0.39 is 5.97 Å². The number of hydrogen-bond acceptors (Lipinski definition) is 2. The minimum Gasteiger partial charge on any atom is -0.478 e. The van der Waals surface area contributed by atoms with Crippen molar-refractivity contribution in [2.24, 2.45) is 0 Å². The number of carboxylic acids is 1. The Morgan fingerprint density at radius 2 is 0.806 bits per heavy atom. The van der Waals surface area contributed by atoms with Crippen LogP contribution in [0.1, 0.15) is 10.4 Å². The van der Waals surface area contributed by atoms with Gasteiger partial charge in [-0.2, -0.15) is 0 Å². The molecule has 1 N–H and O–H groups in total. The molecule has 0 atom stereocenters. The Balaban J connectivity index is 2.51. The van der Waals surface area contributed by atoms with E-state index >= 15 is 0 Å². The largest absolute Gasteiger partial charge is 0.478 e. The summed E-state index contributed by atoms with van der Waals surface area (Å²) in [5.74, 6) is -1.39. The second-order valence-corrected chi connectivity index (χ2v) is 9.58. The van der Waals surface area contributed by atoms with E-state index in [0.29, 0.717) is 0 Å². The lowest BCUT2D eigenvalue weighted by molar-refractivity contribution is 0.0698. The molecule has 31 heavy (non-hydrogen) atoms. The molecule has 3 aromatic rings. The molecule has 0 amide bonds. The quantitative estimate of drug-likeness (QED) is 0.234. The average molecular weight is 620 g/mol. The molecule has 0 spiro atoms. The van der Waals surface area contributed by atoms with E-state index in [2.05, 4.69) is 4.98 Å². The number of carboxylic acid groups (broad SMARTS) is 1. The summed E-state index contributed by atoms with van der Waals surface area (Å²) in [7, 11) is 0. The van der Waals surface area contributed by atoms with Crippen LogP contribution in [-0.4, -0.2) is 16.1 Å². The van der Waals surface area contributed by atoms with Gasteiger partial charge in [-0.05, 0) is 0 Å². The molecule has 3 rings (SSSR count). The lowest BCUT2D eigenvalue weighted by Crippen LogP contribution is -2.05. The predicted octanol–water partition coefficient (Wildman–Crippen LogP) is 10.6. The van der Waals surface area contributed by atoms with Crippen molar-refractivity contribution in [3.8, 4) is 22.3 Å². The van der Waals surface area contributed by atoms with Crippen LogP contribution in [-0.2, 0) is 0 Å². The third-order valence-corrected chi connectivity index (χ3v) is 8.67. The number of rotatable bonds is 3. The Bertz CT molecular complexity index is 1130. The van der Waals surface area contributed by atoms with E-state index in [-0.39, 0.29) is 78.0 Å². The Morgan fingerprint density at radius 1 is 0.548 bits per heavy atom. The number of halogens is 10. The average Bonchev–Trinajstić information content (AvgIpc) is 2.73. The summed E-state index contributed by atoms with van der Waals surface area (Å²) in [6.07, 6.45) is 2.42. The maximum Gasteiger partial charge on any atom is 0.337 e. The van der Waals surface area contributed by atoms with Gasteiger partial charge in [0.25, 0.3) is 0 Å². The van der Waals surface area contributed by atoms with Crippen LogP contribution < -0.4 is 0 Å². The van der Waals surface area contributed by atoms with E-state index in [0.717, 1.165) is 0 Å². The number of nitrogens with zero attached hydrogens (tertiary/aromatic N) is 1. The van der Waals surface area contributed by atoms with Crippen molar-refractivity contribution in [1.29, 1.82) is 0 Å². The molecule has 0 unspecified atom stereocenters. The topological polar surface area (TPSA) is 50.2 Å². The van der Waals surface area contributed by atoms with E-state index in [4.69, 9.17) is 116 Å². The van der Waals surface area contributed by atoms with Gasteiger partial charge in [0.1, 0.15) is 0 Å². The molecule has 0 aliphatic carbocycles. The first-order chi connectivity index (χ1) is 14.4. The Labute approximate surface area is 225 Å². The zero-order valence-electron chi connectivity index (χ0n) is 14.2. The molecule has 0 saturated heterocycles. The summed E-state index contributed by atoms with van der Waals surface area (Å²) >= 11 is 61.9. The summed E-state index contributed by atoms with van der Waals surface area (Å²) in [5, 5.41) is 8.83. The van der Waals surface area contributed by atoms with Gasteiger partial charge in [-0.15, -0.1) is 0 Å². The molecule has 0 radical (unpaired) electrons. The zero-order chi connectivity index (χ0) is 23.4. The normalized spacial score (nSPS) is 11.2. The highest BCUT2D eigenvalue weighted by Crippen LogP contribution is 2.52. The van der Waals surface area contributed by atoms with Crippen molar-refractivity contribution in [2.75, 3.05) is 0 Å². The maximum absolute atomic E-state index is 12.3. The molecule has 0 aliphatic rings. The van der Waals surface area contributed by atoms with Crippen LogP contribution >= 0.6 is 116 Å². The fraction of sp³-hybridized carbons (Fsp3) is 0. The van der Waals surface area contributed by atoms with Crippen LogP contribution in [0, 0.1) is 0 Å². The van der Waals surface area contributed by atoms with Gasteiger partial charge >= 0.3 is 5.97 Å². The first kappa shape index (κ1) is 25.6. The number of hydrogen-bond donors (Lipinski definition) is 1. The van der Waals surface area contributed by atoms with Gasteiger partial charge < -0.3 is 5.11 Å². The molecule has 0 bridgehead atoms. The standard InChI is InChI=1S/C18H3Cl10NO2/c19-8-6(9(20)13(24)16(27)12(8)23)3-1-29-2-4(5(3)18(30)31)7-10(21)14(25)17(28)15(26)11(7)22/h1-2H,(H,30,31). The monoisotopic (exact) mass is 615 g/mol. The number of pyridine rings is 1. The molecular weight excluding hydrogens is 617 g/mol. The van der Waals surface area contributed by atoms with Crippen LogP contribution in [0.4, 0.5) is 0 Å². The van der Waals surface area contributed by atoms with E-state index in [9.17, 15) is 9.90 Å². The molecule has 13 heteroatoms. The van der Waals surface area contributed by atoms with E-state index in [1.807, 2.05) is 0 Å². The molecule has 1 heterocycles. The first-order valence-electron chi connectivity index (χ1n) is 7.66. The number of aromatic carboxylic acids is 1. The van der Waals surface area contributed by atoms with Crippen molar-refractivity contribution < 1.29 is 9.90 Å². The number of carbonyl (C=O) groups is 1. The van der Waals surface area contributed by atoms with Gasteiger partial charge in [0.2, 0.25) is 0 Å². The molecular formula is C18H3Cl10NO2. The van der Waals surface area contributed by atoms with Crippen molar-refractivity contribution in [3.63, 3.8) is 0 Å². The van der Waals surface area contributed by atoms with Crippen LogP contribution in [0.15, 0.2) is 12.4 Å². The number of aromatic nitrogens is 1. The second-order valence-electron chi connectivity index (χ2n) is 5.80. The maximum atomic E-state index is 12.3. The lowest BCUT2D eigenvalue weighted by Gasteiger charge is -2.18. The fourth-order valence-corrected chi connectivity index (χ4v) is 5.44. The Morgan fingerprint density at radius 3 is 1.06 bits per heavy atom. The van der Waals surface area contributed by atoms with Gasteiger partial charge in [0.15, 0.2) is 0 Å². The van der Waals surface area contributed by atoms with Crippen LogP contribution in [0.5, 0.6) is 0 Å². The Hall–Kier alpha value is -0.0400. The first-order valence-corrected chi connectivity index (χ1v) is 11.4. The smallest absolute Gasteiger partial charge is 0.337 e. The third-order valence-electron chi connectivity index (χ3n) is 4.12. The Kier molecular flexibility index (Phi) is 7.98. The highest BCUT2D eigenvalue weighted by molar-refractivity contribution is 6.58.